The van der Waals surface area contributed by atoms with Crippen molar-refractivity contribution in [2.45, 2.75) is 347 Å². The molecule has 0 radical (unpaired) electrons. The van der Waals surface area contributed by atoms with E-state index >= 15 is 0 Å². The lowest BCUT2D eigenvalue weighted by atomic mass is 10.0. The maximum atomic E-state index is 12.9. The molecule has 0 saturated carbocycles. The van der Waals surface area contributed by atoms with Gasteiger partial charge in [-0.15, -0.1) is 0 Å². The van der Waals surface area contributed by atoms with Gasteiger partial charge in [0, 0.05) is 19.3 Å². The third-order valence-electron chi connectivity index (χ3n) is 16.3. The number of rotatable bonds is 73. The molecule has 0 rings (SSSR count). The molecule has 0 bridgehead atoms. The maximum absolute atomic E-state index is 12.9. The van der Waals surface area contributed by atoms with E-state index in [1.165, 1.54) is 128 Å². The minimum Gasteiger partial charge on any atom is -0.463 e. The number of ether oxygens (including phenoxy) is 3. The normalized spacial score (nSPS) is 14.6. The number of esters is 3. The summed E-state index contributed by atoms with van der Waals surface area (Å²) in [5, 5.41) is 20.6. The van der Waals surface area contributed by atoms with Crippen molar-refractivity contribution in [3.8, 4) is 0 Å². The van der Waals surface area contributed by atoms with Crippen LogP contribution in [0.5, 0.6) is 0 Å². The minimum atomic E-state index is -4.92. The molecule has 0 aliphatic carbocycles. The Hall–Kier alpha value is -3.53. The average Bonchev–Trinajstić information content (AvgIpc) is 1.49. The standard InChI is InChI=1S/C79H140O16P2/c1-4-7-10-13-16-19-22-25-27-28-29-30-31-32-33-34-35-36-37-38-39-40-41-42-43-44-46-49-50-53-56-59-62-65-77(82)89-68-74(80)69-91-96(85,86)92-70-75(81)71-93-97(87,88)94-73-76(95-79(84)67-64-61-58-55-52-47-24-21-18-15-12-9-6-3)72-90-78(83)66-63-60-57-54-51-48-45-26-23-20-17-14-11-8-5-2/h7,10,16,19,21,24-27,29-30,32-33,35-36,45,74-76,80-81H,4-6,8-9,11-15,17-18,20,22-23,28,31,34,37-44,46-73H2,1-3H3,(H,85,86)(H,87,88)/b10-7-,19-16-,24-21-,27-25-,30-29-,33-32-,36-35-,45-26-. The Labute approximate surface area is 590 Å². The molecule has 562 valence electrons. The Morgan fingerprint density at radius 1 is 0.299 bits per heavy atom. The van der Waals surface area contributed by atoms with E-state index in [2.05, 4.69) is 118 Å². The molecule has 0 aromatic carbocycles. The second kappa shape index (κ2) is 72.3. The van der Waals surface area contributed by atoms with Gasteiger partial charge < -0.3 is 34.2 Å². The van der Waals surface area contributed by atoms with E-state index in [9.17, 15) is 43.5 Å². The van der Waals surface area contributed by atoms with Crippen molar-refractivity contribution < 1.29 is 75.8 Å². The summed E-state index contributed by atoms with van der Waals surface area (Å²) in [6.45, 7) is 2.55. The molecule has 0 aliphatic heterocycles. The van der Waals surface area contributed by atoms with E-state index < -0.39 is 91.5 Å². The van der Waals surface area contributed by atoms with Crippen LogP contribution >= 0.6 is 15.6 Å². The minimum absolute atomic E-state index is 0.0952. The van der Waals surface area contributed by atoms with Gasteiger partial charge in [-0.1, -0.05) is 285 Å². The van der Waals surface area contributed by atoms with Crippen LogP contribution in [0.1, 0.15) is 329 Å². The van der Waals surface area contributed by atoms with Gasteiger partial charge in [-0.2, -0.15) is 0 Å². The van der Waals surface area contributed by atoms with Crippen molar-refractivity contribution in [3.05, 3.63) is 97.2 Å². The molecule has 0 spiro atoms. The predicted molar refractivity (Wildman–Crippen MR) is 399 cm³/mol. The van der Waals surface area contributed by atoms with Gasteiger partial charge in [0.25, 0.3) is 0 Å². The lowest BCUT2D eigenvalue weighted by Gasteiger charge is -2.21. The molecule has 0 saturated heterocycles. The van der Waals surface area contributed by atoms with Crippen LogP contribution in [0, 0.1) is 0 Å². The molecule has 4 N–H and O–H groups in total. The number of unbranched alkanes of at least 4 members (excludes halogenated alkanes) is 34. The Balaban J connectivity index is 4.37. The molecule has 0 fully saturated rings. The molecule has 5 atom stereocenters. The summed E-state index contributed by atoms with van der Waals surface area (Å²) in [5.74, 6) is -1.58. The van der Waals surface area contributed by atoms with E-state index in [1.54, 1.807) is 0 Å². The van der Waals surface area contributed by atoms with Gasteiger partial charge in [0.05, 0.1) is 26.4 Å². The van der Waals surface area contributed by atoms with Crippen LogP contribution in [0.4, 0.5) is 0 Å². The quantitative estimate of drug-likeness (QED) is 0.0146. The van der Waals surface area contributed by atoms with Crippen molar-refractivity contribution in [1.29, 1.82) is 0 Å². The summed E-state index contributed by atoms with van der Waals surface area (Å²) in [6.07, 6.45) is 81.9. The zero-order chi connectivity index (χ0) is 70.9. The molecule has 0 aromatic heterocycles. The van der Waals surface area contributed by atoms with Gasteiger partial charge >= 0.3 is 33.6 Å². The van der Waals surface area contributed by atoms with Gasteiger partial charge in [0.1, 0.15) is 25.4 Å². The SMILES string of the molecule is CC/C=C\C/C=C\C/C=C\C/C=C\C/C=C\C/C=C\CCCCCCCCCCCCCCCCC(=O)OCC(O)COP(=O)(O)OCC(O)COP(=O)(O)OCC(COC(=O)CCCCCCC/C=C\CCCCCCCC)OC(=O)CCCCCCC/C=C\CCCCCC. The Bertz CT molecular complexity index is 2150. The first-order valence-corrected chi connectivity index (χ1v) is 41.5. The van der Waals surface area contributed by atoms with Crippen molar-refractivity contribution in [2.75, 3.05) is 39.6 Å². The number of aliphatic hydroxyl groups excluding tert-OH is 2. The fraction of sp³-hybridized carbons (Fsp3) is 0.759. The van der Waals surface area contributed by atoms with Crippen LogP contribution < -0.4 is 0 Å². The first kappa shape index (κ1) is 93.5. The van der Waals surface area contributed by atoms with Crippen LogP contribution in [0.25, 0.3) is 0 Å². The van der Waals surface area contributed by atoms with Gasteiger partial charge in [0.2, 0.25) is 0 Å². The van der Waals surface area contributed by atoms with E-state index in [0.717, 1.165) is 141 Å². The highest BCUT2D eigenvalue weighted by molar-refractivity contribution is 7.47. The number of hydrogen-bond donors (Lipinski definition) is 4. The number of phosphoric ester groups is 2. The highest BCUT2D eigenvalue weighted by atomic mass is 31.2. The summed E-state index contributed by atoms with van der Waals surface area (Å²) in [6, 6.07) is 0. The zero-order valence-corrected chi connectivity index (χ0v) is 63.0. The van der Waals surface area contributed by atoms with E-state index in [-0.39, 0.29) is 19.3 Å². The first-order chi connectivity index (χ1) is 47.2. The largest absolute Gasteiger partial charge is 0.472 e. The fourth-order valence-corrected chi connectivity index (χ4v) is 12.0. The highest BCUT2D eigenvalue weighted by Crippen LogP contribution is 2.45. The molecule has 0 amide bonds. The molecule has 0 aliphatic rings. The number of phosphoric acid groups is 2. The predicted octanol–water partition coefficient (Wildman–Crippen LogP) is 22.2. The molecule has 0 heterocycles. The molecule has 16 nitrogen and oxygen atoms in total. The van der Waals surface area contributed by atoms with Crippen LogP contribution in [-0.4, -0.2) is 95.9 Å². The molecular weight excluding hydrogens is 1270 g/mol. The third-order valence-corrected chi connectivity index (χ3v) is 18.2. The third kappa shape index (κ3) is 73.5. The molecule has 0 aromatic rings. The van der Waals surface area contributed by atoms with Crippen molar-refractivity contribution in [1.82, 2.24) is 0 Å². The average molecular weight is 1410 g/mol. The second-order valence-corrected chi connectivity index (χ2v) is 28.7. The van der Waals surface area contributed by atoms with Gasteiger partial charge in [-0.25, -0.2) is 9.13 Å². The smallest absolute Gasteiger partial charge is 0.463 e. The Kier molecular flexibility index (Phi) is 69.6. The fourth-order valence-electron chi connectivity index (χ4n) is 10.4. The molecule has 18 heteroatoms. The van der Waals surface area contributed by atoms with Gasteiger partial charge in [-0.05, 0) is 122 Å². The van der Waals surface area contributed by atoms with E-state index in [1.807, 2.05) is 0 Å². The van der Waals surface area contributed by atoms with Crippen molar-refractivity contribution in [2.24, 2.45) is 0 Å². The van der Waals surface area contributed by atoms with Gasteiger partial charge in [0.15, 0.2) is 6.10 Å². The molecule has 5 unspecified atom stereocenters. The topological polar surface area (TPSA) is 231 Å². The van der Waals surface area contributed by atoms with Crippen molar-refractivity contribution in [3.63, 3.8) is 0 Å². The van der Waals surface area contributed by atoms with Crippen LogP contribution in [-0.2, 0) is 55.8 Å². The van der Waals surface area contributed by atoms with Crippen molar-refractivity contribution >= 4 is 33.6 Å². The first-order valence-electron chi connectivity index (χ1n) is 38.5. The van der Waals surface area contributed by atoms with Crippen LogP contribution in [0.2, 0.25) is 0 Å². The summed E-state index contributed by atoms with van der Waals surface area (Å²) >= 11 is 0. The highest BCUT2D eigenvalue weighted by Gasteiger charge is 2.29. The summed E-state index contributed by atoms with van der Waals surface area (Å²) in [5.41, 5.74) is 0. The lowest BCUT2D eigenvalue weighted by molar-refractivity contribution is -0.161. The maximum Gasteiger partial charge on any atom is 0.472 e. The number of allylic oxidation sites excluding steroid dienone is 16. The Morgan fingerprint density at radius 3 is 0.887 bits per heavy atom. The van der Waals surface area contributed by atoms with E-state index in [4.69, 9.17) is 32.3 Å². The lowest BCUT2D eigenvalue weighted by Crippen LogP contribution is -2.30. The van der Waals surface area contributed by atoms with Gasteiger partial charge in [-0.3, -0.25) is 32.5 Å². The number of aliphatic hydroxyl groups is 2. The van der Waals surface area contributed by atoms with Crippen LogP contribution in [0.15, 0.2) is 97.2 Å². The number of hydrogen-bond acceptors (Lipinski definition) is 14. The summed E-state index contributed by atoms with van der Waals surface area (Å²) < 4.78 is 61.0. The zero-order valence-electron chi connectivity index (χ0n) is 61.2. The number of carbonyl (C=O) groups is 3. The summed E-state index contributed by atoms with van der Waals surface area (Å²) in [4.78, 5) is 58.4. The number of carbonyl (C=O) groups excluding carboxylic acids is 3. The van der Waals surface area contributed by atoms with Crippen LogP contribution in [0.3, 0.4) is 0 Å². The van der Waals surface area contributed by atoms with E-state index in [0.29, 0.717) is 19.3 Å². The molecule has 97 heavy (non-hydrogen) atoms. The Morgan fingerprint density at radius 2 is 0.546 bits per heavy atom. The molecular formula is C79H140O16P2. The second-order valence-electron chi connectivity index (χ2n) is 25.8. The monoisotopic (exact) mass is 1410 g/mol. The summed E-state index contributed by atoms with van der Waals surface area (Å²) in [7, 11) is -9.78.